The van der Waals surface area contributed by atoms with E-state index in [1.165, 1.54) is 5.56 Å². The van der Waals surface area contributed by atoms with E-state index in [9.17, 15) is 0 Å². The molecule has 0 amide bonds. The van der Waals surface area contributed by atoms with E-state index in [2.05, 4.69) is 18.2 Å². The van der Waals surface area contributed by atoms with Crippen molar-refractivity contribution >= 4 is 5.69 Å². The molecule has 1 heterocycles. The van der Waals surface area contributed by atoms with Gasteiger partial charge in [-0.2, -0.15) is 0 Å². The molecule has 3 rings (SSSR count). The lowest BCUT2D eigenvalue weighted by Gasteiger charge is -2.21. The lowest BCUT2D eigenvalue weighted by molar-refractivity contribution is 0.289. The molecule has 1 aliphatic rings. The zero-order valence-electron chi connectivity index (χ0n) is 9.65. The smallest absolute Gasteiger partial charge is 0.130 e. The third-order valence-corrected chi connectivity index (χ3v) is 3.18. The van der Waals surface area contributed by atoms with Crippen molar-refractivity contribution < 1.29 is 4.74 Å². The maximum absolute atomic E-state index is 6.03. The minimum absolute atomic E-state index is 0.801. The fourth-order valence-corrected chi connectivity index (χ4v) is 2.34. The van der Waals surface area contributed by atoms with Crippen LogP contribution in [0.5, 0.6) is 5.75 Å². The Morgan fingerprint density at radius 3 is 2.65 bits per heavy atom. The van der Waals surface area contributed by atoms with E-state index in [0.29, 0.717) is 0 Å². The molecule has 2 heteroatoms. The Labute approximate surface area is 101 Å². The summed E-state index contributed by atoms with van der Waals surface area (Å²) in [6.07, 6.45) is 2.19. The van der Waals surface area contributed by atoms with Gasteiger partial charge in [0.05, 0.1) is 6.61 Å². The van der Waals surface area contributed by atoms with Crippen LogP contribution in [0.1, 0.15) is 12.0 Å². The van der Waals surface area contributed by atoms with Crippen molar-refractivity contribution in [3.05, 3.63) is 48.0 Å². The topological polar surface area (TPSA) is 35.2 Å². The number of fused-ring (bicyclic) bond motifs is 1. The molecule has 0 aromatic heterocycles. The van der Waals surface area contributed by atoms with Gasteiger partial charge in [-0.05, 0) is 24.5 Å². The summed E-state index contributed by atoms with van der Waals surface area (Å²) < 4.78 is 5.81. The summed E-state index contributed by atoms with van der Waals surface area (Å²) in [7, 11) is 0. The number of benzene rings is 2. The van der Waals surface area contributed by atoms with Gasteiger partial charge in [-0.3, -0.25) is 0 Å². The van der Waals surface area contributed by atoms with Crippen molar-refractivity contribution in [1.29, 1.82) is 0 Å². The third kappa shape index (κ3) is 1.76. The summed E-state index contributed by atoms with van der Waals surface area (Å²) in [5, 5.41) is 0. The van der Waals surface area contributed by atoms with Crippen molar-refractivity contribution in [3.63, 3.8) is 0 Å². The molecule has 0 spiro atoms. The van der Waals surface area contributed by atoms with Gasteiger partial charge < -0.3 is 10.5 Å². The minimum atomic E-state index is 0.801. The number of anilines is 1. The average molecular weight is 225 g/mol. The molecule has 0 aliphatic carbocycles. The van der Waals surface area contributed by atoms with Gasteiger partial charge in [0.25, 0.3) is 0 Å². The van der Waals surface area contributed by atoms with E-state index in [0.717, 1.165) is 42.0 Å². The first kappa shape index (κ1) is 10.2. The summed E-state index contributed by atoms with van der Waals surface area (Å²) in [5.74, 6) is 1.01. The van der Waals surface area contributed by atoms with Gasteiger partial charge in [-0.1, -0.05) is 36.4 Å². The number of hydrogen-bond acceptors (Lipinski definition) is 2. The molecular formula is C15H15NO. The fraction of sp³-hybridized carbons (Fsp3) is 0.200. The van der Waals surface area contributed by atoms with Gasteiger partial charge in [0, 0.05) is 16.8 Å². The Kier molecular flexibility index (Phi) is 2.48. The zero-order chi connectivity index (χ0) is 11.7. The van der Waals surface area contributed by atoms with Crippen molar-refractivity contribution in [2.75, 3.05) is 12.3 Å². The molecule has 2 N–H and O–H groups in total. The van der Waals surface area contributed by atoms with Crippen molar-refractivity contribution in [2.24, 2.45) is 0 Å². The SMILES string of the molecule is Nc1ccccc1-c1cccc2c1OCCC2. The highest BCUT2D eigenvalue weighted by Gasteiger charge is 2.16. The highest BCUT2D eigenvalue weighted by atomic mass is 16.5. The lowest BCUT2D eigenvalue weighted by Crippen LogP contribution is -2.09. The molecule has 1 aliphatic heterocycles. The second-order valence-corrected chi connectivity index (χ2v) is 4.33. The van der Waals surface area contributed by atoms with Crippen molar-refractivity contribution in [3.8, 4) is 16.9 Å². The molecular weight excluding hydrogens is 210 g/mol. The van der Waals surface area contributed by atoms with Crippen LogP contribution in [0.4, 0.5) is 5.69 Å². The van der Waals surface area contributed by atoms with Crippen LogP contribution in [0.15, 0.2) is 42.5 Å². The Balaban J connectivity index is 2.18. The van der Waals surface area contributed by atoms with Gasteiger partial charge >= 0.3 is 0 Å². The van der Waals surface area contributed by atoms with Gasteiger partial charge in [0.2, 0.25) is 0 Å². The van der Waals surface area contributed by atoms with Crippen molar-refractivity contribution in [1.82, 2.24) is 0 Å². The molecule has 2 aromatic rings. The average Bonchev–Trinajstić information content (AvgIpc) is 2.39. The third-order valence-electron chi connectivity index (χ3n) is 3.18. The standard InChI is InChI=1S/C15H15NO/c16-14-9-2-1-7-12(14)13-8-3-5-11-6-4-10-17-15(11)13/h1-3,5,7-9H,4,6,10,16H2. The van der Waals surface area contributed by atoms with E-state index in [4.69, 9.17) is 10.5 Å². The van der Waals surface area contributed by atoms with E-state index < -0.39 is 0 Å². The van der Waals surface area contributed by atoms with Gasteiger partial charge in [0.1, 0.15) is 5.75 Å². The van der Waals surface area contributed by atoms with Gasteiger partial charge in [0.15, 0.2) is 0 Å². The normalized spacial score (nSPS) is 13.9. The summed E-state index contributed by atoms with van der Waals surface area (Å²) in [6, 6.07) is 14.2. The van der Waals surface area contributed by atoms with Crippen LogP contribution in [-0.4, -0.2) is 6.61 Å². The molecule has 0 saturated carbocycles. The molecule has 0 fully saturated rings. The molecule has 0 atom stereocenters. The second-order valence-electron chi connectivity index (χ2n) is 4.33. The molecule has 17 heavy (non-hydrogen) atoms. The van der Waals surface area contributed by atoms with Crippen molar-refractivity contribution in [2.45, 2.75) is 12.8 Å². The predicted octanol–water partition coefficient (Wildman–Crippen LogP) is 3.26. The highest BCUT2D eigenvalue weighted by molar-refractivity contribution is 5.81. The van der Waals surface area contributed by atoms with E-state index in [-0.39, 0.29) is 0 Å². The summed E-state index contributed by atoms with van der Waals surface area (Å²) in [4.78, 5) is 0. The van der Waals surface area contributed by atoms with Crippen LogP contribution in [0.2, 0.25) is 0 Å². The first-order chi connectivity index (χ1) is 8.36. The number of aryl methyl sites for hydroxylation is 1. The fourth-order valence-electron chi connectivity index (χ4n) is 2.34. The van der Waals surface area contributed by atoms with Crippen LogP contribution in [0.3, 0.4) is 0 Å². The maximum Gasteiger partial charge on any atom is 0.130 e. The zero-order valence-corrected chi connectivity index (χ0v) is 9.65. The number of nitrogen functional groups attached to an aromatic ring is 1. The molecule has 0 saturated heterocycles. The Hall–Kier alpha value is -1.96. The quantitative estimate of drug-likeness (QED) is 0.756. The van der Waals surface area contributed by atoms with E-state index in [1.807, 2.05) is 24.3 Å². The predicted molar refractivity (Wildman–Crippen MR) is 70.1 cm³/mol. The molecule has 86 valence electrons. The van der Waals surface area contributed by atoms with Crippen LogP contribution in [-0.2, 0) is 6.42 Å². The van der Waals surface area contributed by atoms with Crippen LogP contribution in [0.25, 0.3) is 11.1 Å². The van der Waals surface area contributed by atoms with E-state index in [1.54, 1.807) is 0 Å². The molecule has 2 aromatic carbocycles. The first-order valence-electron chi connectivity index (χ1n) is 5.96. The number of hydrogen-bond donors (Lipinski definition) is 1. The summed E-state index contributed by atoms with van der Waals surface area (Å²) in [6.45, 7) is 0.802. The molecule has 0 unspecified atom stereocenters. The number of rotatable bonds is 1. The highest BCUT2D eigenvalue weighted by Crippen LogP contribution is 2.38. The Bertz CT molecular complexity index is 548. The van der Waals surface area contributed by atoms with Crippen LogP contribution in [0, 0.1) is 0 Å². The monoisotopic (exact) mass is 225 g/mol. The number of nitrogens with two attached hydrogens (primary N) is 1. The molecule has 0 radical (unpaired) electrons. The number of ether oxygens (including phenoxy) is 1. The summed E-state index contributed by atoms with van der Waals surface area (Å²) in [5.41, 5.74) is 10.3. The maximum atomic E-state index is 6.03. The Morgan fingerprint density at radius 1 is 0.941 bits per heavy atom. The van der Waals surface area contributed by atoms with Gasteiger partial charge in [-0.15, -0.1) is 0 Å². The first-order valence-corrected chi connectivity index (χ1v) is 5.96. The number of para-hydroxylation sites is 2. The largest absolute Gasteiger partial charge is 0.493 e. The molecule has 2 nitrogen and oxygen atoms in total. The minimum Gasteiger partial charge on any atom is -0.493 e. The lowest BCUT2D eigenvalue weighted by atomic mass is 9.97. The Morgan fingerprint density at radius 2 is 1.76 bits per heavy atom. The summed E-state index contributed by atoms with van der Waals surface area (Å²) >= 11 is 0. The van der Waals surface area contributed by atoms with Gasteiger partial charge in [-0.25, -0.2) is 0 Å². The van der Waals surface area contributed by atoms with Crippen LogP contribution < -0.4 is 10.5 Å². The second kappa shape index (κ2) is 4.13. The molecule has 0 bridgehead atoms. The van der Waals surface area contributed by atoms with E-state index >= 15 is 0 Å². The van der Waals surface area contributed by atoms with Crippen LogP contribution >= 0.6 is 0 Å².